The summed E-state index contributed by atoms with van der Waals surface area (Å²) in [6.07, 6.45) is 7.30. The second-order valence-corrected chi connectivity index (χ2v) is 6.65. The van der Waals surface area contributed by atoms with E-state index in [1.807, 2.05) is 31.2 Å². The Balaban J connectivity index is 1.82. The smallest absolute Gasteiger partial charge is 0.264 e. The highest BCUT2D eigenvalue weighted by Crippen LogP contribution is 2.29. The summed E-state index contributed by atoms with van der Waals surface area (Å²) < 4.78 is 6.29. The summed E-state index contributed by atoms with van der Waals surface area (Å²) in [4.78, 5) is 21.7. The van der Waals surface area contributed by atoms with E-state index in [2.05, 4.69) is 27.5 Å². The molecule has 1 fully saturated rings. The molecule has 1 atom stereocenters. The monoisotopic (exact) mass is 354 g/mol. The molecular weight excluding hydrogens is 328 g/mol. The van der Waals surface area contributed by atoms with Gasteiger partial charge in [-0.05, 0) is 50.2 Å². The van der Waals surface area contributed by atoms with Crippen LogP contribution < -0.4 is 15.4 Å². The van der Waals surface area contributed by atoms with Gasteiger partial charge in [0.15, 0.2) is 5.60 Å². The average molecular weight is 354 g/mol. The molecule has 1 aliphatic rings. The van der Waals surface area contributed by atoms with Crippen LogP contribution in [0.15, 0.2) is 42.9 Å². The number of amides is 1. The van der Waals surface area contributed by atoms with Gasteiger partial charge in [-0.15, -0.1) is 0 Å². The quantitative estimate of drug-likeness (QED) is 0.834. The highest BCUT2D eigenvalue weighted by molar-refractivity contribution is 5.86. The lowest BCUT2D eigenvalue weighted by Gasteiger charge is -2.37. The predicted octanol–water partition coefficient (Wildman–Crippen LogP) is 2.55. The van der Waals surface area contributed by atoms with Gasteiger partial charge in [0.2, 0.25) is 0 Å². The van der Waals surface area contributed by atoms with Crippen molar-refractivity contribution < 1.29 is 9.53 Å². The molecule has 26 heavy (non-hydrogen) atoms. The molecule has 2 N–H and O–H groups in total. The molecule has 3 rings (SSSR count). The summed E-state index contributed by atoms with van der Waals surface area (Å²) >= 11 is 0. The van der Waals surface area contributed by atoms with E-state index in [1.165, 1.54) is 0 Å². The molecule has 138 valence electrons. The molecule has 0 aromatic carbocycles. The van der Waals surface area contributed by atoms with Gasteiger partial charge in [0.1, 0.15) is 5.75 Å². The van der Waals surface area contributed by atoms with Crippen LogP contribution in [-0.2, 0) is 4.79 Å². The minimum Gasteiger partial charge on any atom is -0.475 e. The molecule has 6 heteroatoms. The van der Waals surface area contributed by atoms with Crippen molar-refractivity contribution in [1.29, 1.82) is 0 Å². The largest absolute Gasteiger partial charge is 0.475 e. The minimum absolute atomic E-state index is 0.0713. The summed E-state index contributed by atoms with van der Waals surface area (Å²) in [5.41, 5.74) is 0.914. The van der Waals surface area contributed by atoms with E-state index in [-0.39, 0.29) is 11.9 Å². The summed E-state index contributed by atoms with van der Waals surface area (Å²) in [6.45, 7) is 5.44. The van der Waals surface area contributed by atoms with Crippen LogP contribution in [0.1, 0.15) is 43.5 Å². The molecule has 0 unspecified atom stereocenters. The van der Waals surface area contributed by atoms with E-state index in [0.717, 1.165) is 30.8 Å². The van der Waals surface area contributed by atoms with E-state index in [9.17, 15) is 4.79 Å². The number of piperidine rings is 1. The van der Waals surface area contributed by atoms with Crippen molar-refractivity contribution in [3.8, 4) is 5.75 Å². The maximum absolute atomic E-state index is 13.3. The molecule has 0 bridgehead atoms. The molecule has 0 radical (unpaired) electrons. The van der Waals surface area contributed by atoms with Gasteiger partial charge in [0, 0.05) is 31.4 Å². The lowest BCUT2D eigenvalue weighted by atomic mass is 9.90. The molecular formula is C20H26N4O2. The first-order valence-corrected chi connectivity index (χ1v) is 9.17. The Kier molecular flexibility index (Phi) is 5.83. The number of carbonyl (C=O) groups excluding carboxylic acids is 1. The Morgan fingerprint density at radius 2 is 2.08 bits per heavy atom. The third-order valence-electron chi connectivity index (χ3n) is 4.89. The number of carbonyl (C=O) groups is 1. The van der Waals surface area contributed by atoms with Gasteiger partial charge < -0.3 is 15.4 Å². The summed E-state index contributed by atoms with van der Waals surface area (Å²) in [6, 6.07) is 7.50. The van der Waals surface area contributed by atoms with E-state index in [4.69, 9.17) is 4.74 Å². The Morgan fingerprint density at radius 1 is 1.31 bits per heavy atom. The summed E-state index contributed by atoms with van der Waals surface area (Å²) in [7, 11) is 0. The second-order valence-electron chi connectivity index (χ2n) is 6.65. The van der Waals surface area contributed by atoms with E-state index >= 15 is 0 Å². The number of pyridine rings is 2. The third-order valence-corrected chi connectivity index (χ3v) is 4.89. The topological polar surface area (TPSA) is 76.1 Å². The Hall–Kier alpha value is -2.47. The number of aryl methyl sites for hydroxylation is 1. The lowest BCUT2D eigenvalue weighted by Crippen LogP contribution is -2.57. The minimum atomic E-state index is -0.880. The van der Waals surface area contributed by atoms with Crippen LogP contribution in [0.25, 0.3) is 0 Å². The first-order valence-electron chi connectivity index (χ1n) is 9.17. The molecule has 1 saturated heterocycles. The number of nitrogens with zero attached hydrogens (tertiary/aromatic N) is 2. The maximum Gasteiger partial charge on any atom is 0.264 e. The zero-order valence-electron chi connectivity index (χ0n) is 15.4. The Morgan fingerprint density at radius 3 is 2.73 bits per heavy atom. The number of nitrogens with one attached hydrogen (secondary N) is 2. The van der Waals surface area contributed by atoms with Crippen molar-refractivity contribution in [1.82, 2.24) is 20.6 Å². The van der Waals surface area contributed by atoms with Crippen LogP contribution in [0.2, 0.25) is 0 Å². The van der Waals surface area contributed by atoms with Crippen LogP contribution >= 0.6 is 0 Å². The van der Waals surface area contributed by atoms with Gasteiger partial charge in [-0.25, -0.2) is 0 Å². The zero-order valence-corrected chi connectivity index (χ0v) is 15.4. The normalized spacial score (nSPS) is 17.3. The van der Waals surface area contributed by atoms with Crippen molar-refractivity contribution in [3.05, 3.63) is 54.1 Å². The number of ether oxygens (including phenoxy) is 1. The summed E-state index contributed by atoms with van der Waals surface area (Å²) in [5.74, 6) is 0.594. The first kappa shape index (κ1) is 18.3. The van der Waals surface area contributed by atoms with Gasteiger partial charge in [0.05, 0.1) is 11.7 Å². The molecule has 6 nitrogen and oxygen atoms in total. The molecule has 1 amide bonds. The van der Waals surface area contributed by atoms with Crippen LogP contribution in [0.4, 0.5) is 0 Å². The number of hydrogen-bond donors (Lipinski definition) is 2. The number of aromatic nitrogens is 2. The van der Waals surface area contributed by atoms with Gasteiger partial charge in [0.25, 0.3) is 5.91 Å². The van der Waals surface area contributed by atoms with E-state index < -0.39 is 5.60 Å². The molecule has 0 spiro atoms. The molecule has 0 saturated carbocycles. The van der Waals surface area contributed by atoms with Crippen molar-refractivity contribution >= 4 is 5.91 Å². The standard InChI is InChI=1S/C20H26N4O2/c1-3-17(16-6-4-10-22-14-16)24-19(25)20(8-12-21-13-9-20)26-18-7-5-11-23-15(18)2/h4-7,10-11,14,17,21H,3,8-9,12-13H2,1-2H3,(H,24,25)/t17-/m1/s1. The van der Waals surface area contributed by atoms with Crippen LogP contribution in [0.3, 0.4) is 0 Å². The molecule has 3 heterocycles. The van der Waals surface area contributed by atoms with Crippen LogP contribution in [0.5, 0.6) is 5.75 Å². The fourth-order valence-corrected chi connectivity index (χ4v) is 3.29. The highest BCUT2D eigenvalue weighted by atomic mass is 16.5. The number of rotatable bonds is 6. The lowest BCUT2D eigenvalue weighted by molar-refractivity contribution is -0.140. The van der Waals surface area contributed by atoms with Gasteiger partial charge >= 0.3 is 0 Å². The molecule has 0 aliphatic carbocycles. The molecule has 2 aromatic rings. The van der Waals surface area contributed by atoms with E-state index in [1.54, 1.807) is 18.6 Å². The fourth-order valence-electron chi connectivity index (χ4n) is 3.29. The summed E-state index contributed by atoms with van der Waals surface area (Å²) in [5, 5.41) is 6.49. The number of hydrogen-bond acceptors (Lipinski definition) is 5. The van der Waals surface area contributed by atoms with Crippen molar-refractivity contribution in [2.24, 2.45) is 0 Å². The van der Waals surface area contributed by atoms with Gasteiger partial charge in [-0.2, -0.15) is 0 Å². The molecule has 2 aromatic heterocycles. The van der Waals surface area contributed by atoms with Crippen molar-refractivity contribution in [3.63, 3.8) is 0 Å². The van der Waals surface area contributed by atoms with Crippen LogP contribution in [0, 0.1) is 6.92 Å². The highest BCUT2D eigenvalue weighted by Gasteiger charge is 2.43. The maximum atomic E-state index is 13.3. The van der Waals surface area contributed by atoms with Crippen LogP contribution in [-0.4, -0.2) is 34.6 Å². The SMILES string of the molecule is CC[C@@H](NC(=O)C1(Oc2cccnc2C)CCNCC1)c1cccnc1. The zero-order chi connectivity index (χ0) is 18.4. The van der Waals surface area contributed by atoms with E-state index in [0.29, 0.717) is 18.6 Å². The third kappa shape index (κ3) is 4.02. The second kappa shape index (κ2) is 8.27. The van der Waals surface area contributed by atoms with Crippen molar-refractivity contribution in [2.45, 2.75) is 44.8 Å². The Labute approximate surface area is 154 Å². The fraction of sp³-hybridized carbons (Fsp3) is 0.450. The van der Waals surface area contributed by atoms with Crippen molar-refractivity contribution in [2.75, 3.05) is 13.1 Å². The van der Waals surface area contributed by atoms with Gasteiger partial charge in [-0.1, -0.05) is 13.0 Å². The molecule has 1 aliphatic heterocycles. The predicted molar refractivity (Wildman–Crippen MR) is 99.8 cm³/mol. The first-order chi connectivity index (χ1) is 12.6. The van der Waals surface area contributed by atoms with Gasteiger partial charge in [-0.3, -0.25) is 14.8 Å². The average Bonchev–Trinajstić information content (AvgIpc) is 2.69. The Bertz CT molecular complexity index is 730.